The van der Waals surface area contributed by atoms with Crippen LogP contribution in [-0.4, -0.2) is 39.7 Å². The molecule has 2 unspecified atom stereocenters. The molecule has 2 aromatic carbocycles. The summed E-state index contributed by atoms with van der Waals surface area (Å²) in [5.41, 5.74) is 11.8. The van der Waals surface area contributed by atoms with Gasteiger partial charge in [0.05, 0.1) is 35.3 Å². The van der Waals surface area contributed by atoms with Gasteiger partial charge in [-0.1, -0.05) is 34.5 Å². The van der Waals surface area contributed by atoms with Crippen molar-refractivity contribution in [3.05, 3.63) is 92.8 Å². The molecule has 1 aliphatic carbocycles. The Morgan fingerprint density at radius 2 is 1.95 bits per heavy atom. The fraction of sp³-hybridized carbons (Fsp3) is 0.148. The number of nitrogens with two attached hydrogens (primary N) is 1. The van der Waals surface area contributed by atoms with E-state index in [1.807, 2.05) is 41.1 Å². The van der Waals surface area contributed by atoms with Crippen molar-refractivity contribution in [3.63, 3.8) is 0 Å². The second kappa shape index (κ2) is 8.05. The first-order valence-corrected chi connectivity index (χ1v) is 13.1. The van der Waals surface area contributed by atoms with Gasteiger partial charge in [0.2, 0.25) is 0 Å². The molecule has 12 heteroatoms. The number of halogens is 2. The summed E-state index contributed by atoms with van der Waals surface area (Å²) in [6.45, 7) is 0. The van der Waals surface area contributed by atoms with Crippen LogP contribution in [0.2, 0.25) is 10.2 Å². The van der Waals surface area contributed by atoms with Crippen molar-refractivity contribution in [1.82, 2.24) is 39.7 Å². The third-order valence-corrected chi connectivity index (χ3v) is 8.17. The highest BCUT2D eigenvalue weighted by molar-refractivity contribution is 6.31. The Morgan fingerprint density at radius 1 is 1.05 bits per heavy atom. The third kappa shape index (κ3) is 3.45. The maximum absolute atomic E-state index is 13.6. The molecule has 1 fully saturated rings. The molecule has 2 aliphatic rings. The summed E-state index contributed by atoms with van der Waals surface area (Å²) in [6.07, 6.45) is 4.47. The quantitative estimate of drug-likeness (QED) is 0.281. The Bertz CT molecular complexity index is 2000. The van der Waals surface area contributed by atoms with Gasteiger partial charge in [-0.05, 0) is 54.3 Å². The summed E-state index contributed by atoms with van der Waals surface area (Å²) in [5, 5.41) is 16.7. The van der Waals surface area contributed by atoms with Crippen LogP contribution in [0, 0.1) is 5.92 Å². The number of imidazole rings is 1. The van der Waals surface area contributed by atoms with Gasteiger partial charge in [0.25, 0.3) is 5.56 Å². The molecule has 6 aromatic rings. The average Bonchev–Trinajstić information content (AvgIpc) is 3.28. The number of aromatic amines is 2. The van der Waals surface area contributed by atoms with E-state index in [0.717, 1.165) is 56.9 Å². The lowest BCUT2D eigenvalue weighted by Crippen LogP contribution is -2.26. The number of nitrogens with zero attached hydrogens (tertiary/aromatic N) is 6. The lowest BCUT2D eigenvalue weighted by molar-refractivity contribution is 0.528. The fourth-order valence-electron chi connectivity index (χ4n) is 5.92. The van der Waals surface area contributed by atoms with Crippen LogP contribution in [0.25, 0.3) is 39.1 Å². The van der Waals surface area contributed by atoms with Gasteiger partial charge in [-0.2, -0.15) is 5.10 Å². The summed E-state index contributed by atoms with van der Waals surface area (Å²) in [6, 6.07) is 15.0. The zero-order valence-corrected chi connectivity index (χ0v) is 21.6. The molecule has 0 radical (unpaired) electrons. The molecule has 5 heterocycles. The SMILES string of the molecule is Nc1n[nH]c2cc(-c3ncc(C4C5C[C@@H]5c5cc(-c6cc(Cl)ccc6-n6cc(Cl)nn6)cc(=O)n54)[nH]3)ccc12. The minimum atomic E-state index is -0.104. The maximum Gasteiger partial charge on any atom is 0.251 e. The summed E-state index contributed by atoms with van der Waals surface area (Å²) in [7, 11) is 0. The number of nitrogens with one attached hydrogen (secondary N) is 2. The van der Waals surface area contributed by atoms with Crippen LogP contribution < -0.4 is 11.3 Å². The lowest BCUT2D eigenvalue weighted by atomic mass is 10.0. The van der Waals surface area contributed by atoms with Crippen LogP contribution >= 0.6 is 23.2 Å². The normalized spacial score (nSPS) is 19.4. The number of fused-ring (bicyclic) bond motifs is 4. The van der Waals surface area contributed by atoms with E-state index in [4.69, 9.17) is 28.9 Å². The van der Waals surface area contributed by atoms with Crippen LogP contribution in [0.3, 0.4) is 0 Å². The Morgan fingerprint density at radius 3 is 2.79 bits per heavy atom. The van der Waals surface area contributed by atoms with Gasteiger partial charge in [0.1, 0.15) is 5.82 Å². The van der Waals surface area contributed by atoms with Crippen LogP contribution in [0.4, 0.5) is 5.82 Å². The van der Waals surface area contributed by atoms with E-state index >= 15 is 0 Å². The van der Waals surface area contributed by atoms with Crippen molar-refractivity contribution < 1.29 is 0 Å². The standard InChI is InChI=1S/C27H19Cl2N9O/c28-14-2-4-21(37-11-23(29)34-36-37)16(8-14)13-6-22-17-9-18(17)25(38(22)24(39)7-13)20-10-31-27(32-20)12-1-3-15-19(5-12)33-35-26(15)30/h1-8,10-11,17-18,25H,9H2,(H,31,32)(H3,30,33,35)/t17-,18?,25?/m0/s1. The second-order valence-electron chi connectivity index (χ2n) is 10.0. The molecule has 0 bridgehead atoms. The lowest BCUT2D eigenvalue weighted by Gasteiger charge is -2.18. The van der Waals surface area contributed by atoms with Crippen LogP contribution in [0.15, 0.2) is 65.7 Å². The van der Waals surface area contributed by atoms with E-state index in [1.165, 1.54) is 0 Å². The van der Waals surface area contributed by atoms with E-state index in [0.29, 0.717) is 22.7 Å². The van der Waals surface area contributed by atoms with Gasteiger partial charge in [-0.25, -0.2) is 9.67 Å². The number of aromatic nitrogens is 8. The highest BCUT2D eigenvalue weighted by Crippen LogP contribution is 2.60. The highest BCUT2D eigenvalue weighted by Gasteiger charge is 2.53. The summed E-state index contributed by atoms with van der Waals surface area (Å²) >= 11 is 12.4. The molecule has 39 heavy (non-hydrogen) atoms. The van der Waals surface area contributed by atoms with Crippen LogP contribution in [0.1, 0.15) is 29.8 Å². The first-order valence-electron chi connectivity index (χ1n) is 12.4. The number of anilines is 1. The fourth-order valence-corrected chi connectivity index (χ4v) is 6.22. The van der Waals surface area contributed by atoms with E-state index in [2.05, 4.69) is 36.5 Å². The van der Waals surface area contributed by atoms with Crippen molar-refractivity contribution in [2.45, 2.75) is 18.4 Å². The topological polar surface area (TPSA) is 136 Å². The van der Waals surface area contributed by atoms with Gasteiger partial charge in [0, 0.05) is 39.2 Å². The van der Waals surface area contributed by atoms with Crippen molar-refractivity contribution in [2.24, 2.45) is 5.92 Å². The monoisotopic (exact) mass is 555 g/mol. The molecule has 1 aliphatic heterocycles. The molecule has 1 saturated carbocycles. The van der Waals surface area contributed by atoms with Crippen LogP contribution in [-0.2, 0) is 0 Å². The summed E-state index contributed by atoms with van der Waals surface area (Å²) < 4.78 is 3.48. The number of hydrogen-bond acceptors (Lipinski definition) is 6. The van der Waals surface area contributed by atoms with Crippen molar-refractivity contribution in [3.8, 4) is 28.2 Å². The highest BCUT2D eigenvalue weighted by atomic mass is 35.5. The van der Waals surface area contributed by atoms with E-state index in [9.17, 15) is 4.79 Å². The molecule has 192 valence electrons. The van der Waals surface area contributed by atoms with E-state index < -0.39 is 0 Å². The average molecular weight is 556 g/mol. The zero-order chi connectivity index (χ0) is 26.4. The second-order valence-corrected chi connectivity index (χ2v) is 10.9. The summed E-state index contributed by atoms with van der Waals surface area (Å²) in [5.74, 6) is 1.84. The first-order chi connectivity index (χ1) is 18.9. The molecule has 0 spiro atoms. The Kier molecular flexibility index (Phi) is 4.65. The van der Waals surface area contributed by atoms with E-state index in [-0.39, 0.29) is 16.8 Å². The zero-order valence-electron chi connectivity index (χ0n) is 20.1. The smallest absolute Gasteiger partial charge is 0.251 e. The van der Waals surface area contributed by atoms with Gasteiger partial charge < -0.3 is 15.3 Å². The van der Waals surface area contributed by atoms with Gasteiger partial charge in [-0.3, -0.25) is 9.89 Å². The largest absolute Gasteiger partial charge is 0.382 e. The Balaban J connectivity index is 1.19. The minimum absolute atomic E-state index is 0.0762. The van der Waals surface area contributed by atoms with Crippen molar-refractivity contribution in [1.29, 1.82) is 0 Å². The predicted molar refractivity (Wildman–Crippen MR) is 148 cm³/mol. The molecule has 4 N–H and O–H groups in total. The van der Waals surface area contributed by atoms with E-state index in [1.54, 1.807) is 23.0 Å². The minimum Gasteiger partial charge on any atom is -0.382 e. The predicted octanol–water partition coefficient (Wildman–Crippen LogP) is 4.96. The van der Waals surface area contributed by atoms with Crippen molar-refractivity contribution in [2.75, 3.05) is 5.73 Å². The number of pyridine rings is 1. The molecule has 4 aromatic heterocycles. The van der Waals surface area contributed by atoms with Gasteiger partial charge >= 0.3 is 0 Å². The number of nitrogen functional groups attached to an aromatic ring is 1. The molecule has 3 atom stereocenters. The number of hydrogen-bond donors (Lipinski definition) is 3. The molecular weight excluding hydrogens is 537 g/mol. The Hall–Kier alpha value is -4.41. The molecule has 10 nitrogen and oxygen atoms in total. The summed E-state index contributed by atoms with van der Waals surface area (Å²) in [4.78, 5) is 21.7. The number of rotatable bonds is 4. The van der Waals surface area contributed by atoms with Crippen molar-refractivity contribution >= 4 is 39.9 Å². The molecule has 0 amide bonds. The molecule has 0 saturated heterocycles. The molecule has 8 rings (SSSR count). The maximum atomic E-state index is 13.6. The van der Waals surface area contributed by atoms with Crippen LogP contribution in [0.5, 0.6) is 0 Å². The number of H-pyrrole nitrogens is 2. The first kappa shape index (κ1) is 22.6. The number of benzene rings is 2. The van der Waals surface area contributed by atoms with Gasteiger partial charge in [0.15, 0.2) is 11.0 Å². The third-order valence-electron chi connectivity index (χ3n) is 7.76. The van der Waals surface area contributed by atoms with Gasteiger partial charge in [-0.15, -0.1) is 5.10 Å². The molecular formula is C27H19Cl2N9O. The Labute approximate surface area is 230 Å².